The van der Waals surface area contributed by atoms with Crippen LogP contribution in [0.4, 0.5) is 4.79 Å². The number of carbonyl (C=O) groups is 2. The number of nitrogens with zero attached hydrogens (tertiary/aromatic N) is 1. The summed E-state index contributed by atoms with van der Waals surface area (Å²) in [6.45, 7) is 1.20. The minimum absolute atomic E-state index is 0.00439. The van der Waals surface area contributed by atoms with Gasteiger partial charge in [0.2, 0.25) is 0 Å². The van der Waals surface area contributed by atoms with E-state index in [1.807, 2.05) is 0 Å². The molecule has 2 heterocycles. The fourth-order valence-electron chi connectivity index (χ4n) is 2.62. The SMILES string of the molecule is O=C(O)CC1CS(=O)(=O)CCN1C(=O)NC1CCOCC1. The van der Waals surface area contributed by atoms with Gasteiger partial charge in [-0.05, 0) is 12.8 Å². The number of sulfone groups is 1. The highest BCUT2D eigenvalue weighted by atomic mass is 32.2. The van der Waals surface area contributed by atoms with E-state index in [0.29, 0.717) is 26.1 Å². The molecule has 0 aliphatic carbocycles. The third kappa shape index (κ3) is 4.57. The van der Waals surface area contributed by atoms with Gasteiger partial charge in [0.25, 0.3) is 0 Å². The van der Waals surface area contributed by atoms with E-state index in [1.165, 1.54) is 4.90 Å². The lowest BCUT2D eigenvalue weighted by Crippen LogP contribution is -2.56. The standard InChI is InChI=1S/C12H20N2O6S/c15-11(16)7-10-8-21(18,19)6-3-14(10)12(17)13-9-1-4-20-5-2-9/h9-10H,1-8H2,(H,13,17)(H,15,16). The van der Waals surface area contributed by atoms with Crippen LogP contribution < -0.4 is 5.32 Å². The van der Waals surface area contributed by atoms with Crippen molar-refractivity contribution < 1.29 is 27.9 Å². The average Bonchev–Trinajstić information content (AvgIpc) is 2.38. The molecule has 9 heteroatoms. The van der Waals surface area contributed by atoms with Gasteiger partial charge in [-0.25, -0.2) is 13.2 Å². The van der Waals surface area contributed by atoms with Crippen molar-refractivity contribution in [3.63, 3.8) is 0 Å². The second kappa shape index (κ2) is 6.61. The number of urea groups is 1. The lowest BCUT2D eigenvalue weighted by molar-refractivity contribution is -0.138. The van der Waals surface area contributed by atoms with Gasteiger partial charge in [-0.3, -0.25) is 4.79 Å². The smallest absolute Gasteiger partial charge is 0.317 e. The molecular formula is C12H20N2O6S. The molecule has 2 amide bonds. The molecule has 1 unspecified atom stereocenters. The number of ether oxygens (including phenoxy) is 1. The first-order valence-electron chi connectivity index (χ1n) is 6.94. The highest BCUT2D eigenvalue weighted by Gasteiger charge is 2.36. The van der Waals surface area contributed by atoms with E-state index in [9.17, 15) is 18.0 Å². The van der Waals surface area contributed by atoms with Crippen molar-refractivity contribution in [2.45, 2.75) is 31.3 Å². The molecule has 0 spiro atoms. The molecule has 1 atom stereocenters. The molecule has 8 nitrogen and oxygen atoms in total. The first kappa shape index (κ1) is 16.0. The molecule has 2 N–H and O–H groups in total. The molecule has 0 aromatic rings. The Labute approximate surface area is 123 Å². The first-order valence-corrected chi connectivity index (χ1v) is 8.76. The molecule has 2 aliphatic heterocycles. The summed E-state index contributed by atoms with van der Waals surface area (Å²) in [5, 5.41) is 11.7. The lowest BCUT2D eigenvalue weighted by atomic mass is 10.1. The second-order valence-corrected chi connectivity index (χ2v) is 7.62. The molecule has 0 radical (unpaired) electrons. The molecule has 2 fully saturated rings. The van der Waals surface area contributed by atoms with E-state index < -0.39 is 21.8 Å². The summed E-state index contributed by atoms with van der Waals surface area (Å²) in [5.74, 6) is -1.52. The Hall–Kier alpha value is -1.35. The third-order valence-corrected chi connectivity index (χ3v) is 5.45. The van der Waals surface area contributed by atoms with Crippen molar-refractivity contribution in [2.24, 2.45) is 0 Å². The maximum Gasteiger partial charge on any atom is 0.317 e. The highest BCUT2D eigenvalue weighted by Crippen LogP contribution is 2.16. The largest absolute Gasteiger partial charge is 0.481 e. The normalized spacial score (nSPS) is 26.3. The topological polar surface area (TPSA) is 113 Å². The van der Waals surface area contributed by atoms with E-state index in [2.05, 4.69) is 5.32 Å². The van der Waals surface area contributed by atoms with Crippen LogP contribution >= 0.6 is 0 Å². The van der Waals surface area contributed by atoms with Crippen molar-refractivity contribution >= 4 is 21.8 Å². The van der Waals surface area contributed by atoms with Crippen molar-refractivity contribution in [3.05, 3.63) is 0 Å². The molecule has 0 aromatic heterocycles. The highest BCUT2D eigenvalue weighted by molar-refractivity contribution is 7.91. The van der Waals surface area contributed by atoms with Crippen LogP contribution in [0.1, 0.15) is 19.3 Å². The Bertz CT molecular complexity index is 500. The van der Waals surface area contributed by atoms with E-state index in [0.717, 1.165) is 0 Å². The van der Waals surface area contributed by atoms with Gasteiger partial charge in [0.05, 0.1) is 24.0 Å². The van der Waals surface area contributed by atoms with Crippen LogP contribution in [0.2, 0.25) is 0 Å². The summed E-state index contributed by atoms with van der Waals surface area (Å²) in [4.78, 5) is 24.5. The van der Waals surface area contributed by atoms with Crippen LogP contribution in [0.25, 0.3) is 0 Å². The summed E-state index contributed by atoms with van der Waals surface area (Å²) in [6, 6.07) is -1.19. The second-order valence-electron chi connectivity index (χ2n) is 5.40. The van der Waals surface area contributed by atoms with Gasteiger partial charge in [0.1, 0.15) is 0 Å². The van der Waals surface area contributed by atoms with Gasteiger partial charge in [-0.15, -0.1) is 0 Å². The maximum absolute atomic E-state index is 12.3. The molecule has 0 bridgehead atoms. The Morgan fingerprint density at radius 2 is 1.95 bits per heavy atom. The summed E-state index contributed by atoms with van der Waals surface area (Å²) in [5.41, 5.74) is 0. The van der Waals surface area contributed by atoms with E-state index >= 15 is 0 Å². The number of aliphatic carboxylic acids is 1. The first-order chi connectivity index (χ1) is 9.87. The maximum atomic E-state index is 12.3. The van der Waals surface area contributed by atoms with Gasteiger partial charge < -0.3 is 20.1 Å². The summed E-state index contributed by atoms with van der Waals surface area (Å²) in [6.07, 6.45) is 1.06. The van der Waals surface area contributed by atoms with Crippen molar-refractivity contribution in [2.75, 3.05) is 31.3 Å². The fraction of sp³-hybridized carbons (Fsp3) is 0.833. The number of carbonyl (C=O) groups excluding carboxylic acids is 1. The number of hydrogen-bond donors (Lipinski definition) is 2. The molecule has 2 aliphatic rings. The number of carboxylic acid groups (broad SMARTS) is 1. The zero-order valence-electron chi connectivity index (χ0n) is 11.7. The van der Waals surface area contributed by atoms with E-state index in [4.69, 9.17) is 9.84 Å². The number of hydrogen-bond acceptors (Lipinski definition) is 5. The van der Waals surface area contributed by atoms with Gasteiger partial charge in [-0.2, -0.15) is 0 Å². The van der Waals surface area contributed by atoms with Crippen LogP contribution in [-0.4, -0.2) is 73.8 Å². The van der Waals surface area contributed by atoms with Gasteiger partial charge in [-0.1, -0.05) is 0 Å². The van der Waals surface area contributed by atoms with Crippen LogP contribution in [0.5, 0.6) is 0 Å². The van der Waals surface area contributed by atoms with Crippen LogP contribution in [0, 0.1) is 0 Å². The Morgan fingerprint density at radius 1 is 1.29 bits per heavy atom. The number of nitrogens with one attached hydrogen (secondary N) is 1. The number of carboxylic acids is 1. The van der Waals surface area contributed by atoms with E-state index in [1.54, 1.807) is 0 Å². The minimum Gasteiger partial charge on any atom is -0.481 e. The van der Waals surface area contributed by atoms with Crippen LogP contribution in [0.3, 0.4) is 0 Å². The quantitative estimate of drug-likeness (QED) is 0.721. The van der Waals surface area contributed by atoms with Crippen molar-refractivity contribution in [1.29, 1.82) is 0 Å². The lowest BCUT2D eigenvalue weighted by Gasteiger charge is -2.36. The van der Waals surface area contributed by atoms with Crippen molar-refractivity contribution in [1.82, 2.24) is 10.2 Å². The van der Waals surface area contributed by atoms with Gasteiger partial charge >= 0.3 is 12.0 Å². The number of rotatable bonds is 3. The zero-order valence-corrected chi connectivity index (χ0v) is 12.5. The van der Waals surface area contributed by atoms with Gasteiger partial charge in [0.15, 0.2) is 9.84 Å². The Kier molecular flexibility index (Phi) is 5.04. The summed E-state index contributed by atoms with van der Waals surface area (Å²) < 4.78 is 28.5. The molecule has 2 rings (SSSR count). The predicted octanol–water partition coefficient (Wildman–Crippen LogP) is -0.551. The summed E-state index contributed by atoms with van der Waals surface area (Å²) in [7, 11) is -3.28. The van der Waals surface area contributed by atoms with Gasteiger partial charge in [0, 0.05) is 25.8 Å². The third-order valence-electron chi connectivity index (χ3n) is 3.75. The Morgan fingerprint density at radius 3 is 2.57 bits per heavy atom. The van der Waals surface area contributed by atoms with Crippen LogP contribution in [-0.2, 0) is 19.4 Å². The summed E-state index contributed by atoms with van der Waals surface area (Å²) >= 11 is 0. The minimum atomic E-state index is -3.28. The fourth-order valence-corrected chi connectivity index (χ4v) is 4.15. The van der Waals surface area contributed by atoms with Crippen LogP contribution in [0.15, 0.2) is 0 Å². The molecular weight excluding hydrogens is 300 g/mol. The molecule has 0 aromatic carbocycles. The zero-order chi connectivity index (χ0) is 15.5. The Balaban J connectivity index is 2.00. The number of amides is 2. The molecule has 0 saturated carbocycles. The predicted molar refractivity (Wildman–Crippen MR) is 73.8 cm³/mol. The monoisotopic (exact) mass is 320 g/mol. The van der Waals surface area contributed by atoms with E-state index in [-0.39, 0.29) is 36.5 Å². The van der Waals surface area contributed by atoms with Crippen molar-refractivity contribution in [3.8, 4) is 0 Å². The molecule has 2 saturated heterocycles. The molecule has 21 heavy (non-hydrogen) atoms. The molecule has 120 valence electrons. The average molecular weight is 320 g/mol.